The molecule has 7 nitrogen and oxygen atoms in total. The average Bonchev–Trinajstić information content (AvgIpc) is 2.97. The van der Waals surface area contributed by atoms with Gasteiger partial charge in [-0.05, 0) is 28.4 Å². The van der Waals surface area contributed by atoms with Gasteiger partial charge in [-0.15, -0.1) is 0 Å². The maximum atomic E-state index is 12.7. The van der Waals surface area contributed by atoms with Crippen molar-refractivity contribution in [3.8, 4) is 11.5 Å². The van der Waals surface area contributed by atoms with Crippen LogP contribution in [0.2, 0.25) is 0 Å². The van der Waals surface area contributed by atoms with Gasteiger partial charge in [0.1, 0.15) is 16.4 Å². The SMILES string of the molecule is COc1cc(OC)c(S(=O)(=O)N2CCC(C(=O)O)C2)cc1Br. The van der Waals surface area contributed by atoms with Crippen LogP contribution in [-0.4, -0.2) is 51.1 Å². The zero-order valence-corrected chi connectivity index (χ0v) is 14.5. The van der Waals surface area contributed by atoms with Gasteiger partial charge in [0.2, 0.25) is 10.0 Å². The minimum Gasteiger partial charge on any atom is -0.495 e. The van der Waals surface area contributed by atoms with E-state index in [1.807, 2.05) is 0 Å². The van der Waals surface area contributed by atoms with Crippen molar-refractivity contribution in [1.82, 2.24) is 4.31 Å². The molecule has 1 N–H and O–H groups in total. The van der Waals surface area contributed by atoms with Gasteiger partial charge in [0.15, 0.2) is 0 Å². The molecule has 0 radical (unpaired) electrons. The molecule has 122 valence electrons. The Hall–Kier alpha value is -1.32. The van der Waals surface area contributed by atoms with Gasteiger partial charge in [0.25, 0.3) is 0 Å². The Morgan fingerprint density at radius 3 is 2.45 bits per heavy atom. The standard InChI is InChI=1S/C13H16BrNO6S/c1-20-10-6-11(21-2)12(5-9(10)14)22(18,19)15-4-3-8(7-15)13(16)17/h5-6,8H,3-4,7H2,1-2H3,(H,16,17). The highest BCUT2D eigenvalue weighted by Gasteiger charge is 2.37. The number of halogens is 1. The highest BCUT2D eigenvalue weighted by Crippen LogP contribution is 2.37. The second-order valence-corrected chi connectivity index (χ2v) is 7.59. The smallest absolute Gasteiger partial charge is 0.307 e. The van der Waals surface area contributed by atoms with Crippen LogP contribution in [0, 0.1) is 5.92 Å². The number of carbonyl (C=O) groups is 1. The Labute approximate surface area is 137 Å². The van der Waals surface area contributed by atoms with Crippen LogP contribution in [0.25, 0.3) is 0 Å². The van der Waals surface area contributed by atoms with Crippen molar-refractivity contribution in [1.29, 1.82) is 0 Å². The molecule has 0 spiro atoms. The highest BCUT2D eigenvalue weighted by molar-refractivity contribution is 9.10. The summed E-state index contributed by atoms with van der Waals surface area (Å²) in [5, 5.41) is 9.01. The maximum absolute atomic E-state index is 12.7. The van der Waals surface area contributed by atoms with Crippen LogP contribution in [-0.2, 0) is 14.8 Å². The van der Waals surface area contributed by atoms with Crippen LogP contribution < -0.4 is 9.47 Å². The molecule has 1 fully saturated rings. The minimum atomic E-state index is -3.84. The van der Waals surface area contributed by atoms with Gasteiger partial charge in [-0.25, -0.2) is 8.42 Å². The lowest BCUT2D eigenvalue weighted by Crippen LogP contribution is -2.30. The fourth-order valence-corrected chi connectivity index (χ4v) is 4.64. The second kappa shape index (κ2) is 6.43. The zero-order valence-electron chi connectivity index (χ0n) is 12.1. The van der Waals surface area contributed by atoms with Crippen LogP contribution in [0.15, 0.2) is 21.5 Å². The first-order valence-electron chi connectivity index (χ1n) is 6.45. The number of methoxy groups -OCH3 is 2. The molecule has 1 aliphatic rings. The van der Waals surface area contributed by atoms with Gasteiger partial charge >= 0.3 is 5.97 Å². The van der Waals surface area contributed by atoms with E-state index < -0.39 is 21.9 Å². The van der Waals surface area contributed by atoms with Gasteiger partial charge in [0, 0.05) is 19.2 Å². The minimum absolute atomic E-state index is 0.0197. The number of ether oxygens (including phenoxy) is 2. The van der Waals surface area contributed by atoms with Crippen molar-refractivity contribution >= 4 is 31.9 Å². The summed E-state index contributed by atoms with van der Waals surface area (Å²) in [6.45, 7) is 0.135. The monoisotopic (exact) mass is 393 g/mol. The van der Waals surface area contributed by atoms with Crippen molar-refractivity contribution in [2.75, 3.05) is 27.3 Å². The molecular weight excluding hydrogens is 378 g/mol. The van der Waals surface area contributed by atoms with Crippen molar-refractivity contribution in [2.24, 2.45) is 5.92 Å². The largest absolute Gasteiger partial charge is 0.495 e. The molecule has 0 amide bonds. The molecule has 0 aromatic heterocycles. The Morgan fingerprint density at radius 2 is 1.95 bits per heavy atom. The Kier molecular flexibility index (Phi) is 4.98. The zero-order chi connectivity index (χ0) is 16.5. The first-order chi connectivity index (χ1) is 10.3. The lowest BCUT2D eigenvalue weighted by Gasteiger charge is -2.19. The maximum Gasteiger partial charge on any atom is 0.307 e. The van der Waals surface area contributed by atoms with Crippen molar-refractivity contribution in [3.05, 3.63) is 16.6 Å². The third-order valence-corrected chi connectivity index (χ3v) is 6.06. The van der Waals surface area contributed by atoms with E-state index in [-0.39, 0.29) is 23.7 Å². The van der Waals surface area contributed by atoms with E-state index in [1.165, 1.54) is 30.7 Å². The molecule has 0 bridgehead atoms. The van der Waals surface area contributed by atoms with Crippen LogP contribution in [0.3, 0.4) is 0 Å². The Morgan fingerprint density at radius 1 is 1.32 bits per heavy atom. The topological polar surface area (TPSA) is 93.1 Å². The van der Waals surface area contributed by atoms with E-state index in [9.17, 15) is 13.2 Å². The molecule has 1 heterocycles. The fraction of sp³-hybridized carbons (Fsp3) is 0.462. The predicted octanol–water partition coefficient (Wildman–Crippen LogP) is 1.56. The first kappa shape index (κ1) is 17.0. The third-order valence-electron chi connectivity index (χ3n) is 3.56. The molecule has 1 atom stereocenters. The summed E-state index contributed by atoms with van der Waals surface area (Å²) in [7, 11) is -1.01. The number of carboxylic acids is 1. The summed E-state index contributed by atoms with van der Waals surface area (Å²) < 4.78 is 37.4. The molecule has 22 heavy (non-hydrogen) atoms. The number of hydrogen-bond acceptors (Lipinski definition) is 5. The van der Waals surface area contributed by atoms with Crippen LogP contribution >= 0.6 is 15.9 Å². The van der Waals surface area contributed by atoms with Crippen LogP contribution in [0.4, 0.5) is 0 Å². The lowest BCUT2D eigenvalue weighted by molar-refractivity contribution is -0.141. The summed E-state index contributed by atoms with van der Waals surface area (Å²) in [5.41, 5.74) is 0. The van der Waals surface area contributed by atoms with E-state index in [1.54, 1.807) is 0 Å². The Bertz CT molecular complexity index is 690. The van der Waals surface area contributed by atoms with E-state index in [4.69, 9.17) is 14.6 Å². The van der Waals surface area contributed by atoms with E-state index in [0.29, 0.717) is 16.6 Å². The number of carboxylic acid groups (broad SMARTS) is 1. The summed E-state index contributed by atoms with van der Waals surface area (Å²) in [6.07, 6.45) is 0.300. The first-order valence-corrected chi connectivity index (χ1v) is 8.69. The average molecular weight is 394 g/mol. The number of aliphatic carboxylic acids is 1. The summed E-state index contributed by atoms with van der Waals surface area (Å²) in [6, 6.07) is 2.88. The number of sulfonamides is 1. The molecule has 1 aromatic rings. The fourth-order valence-electron chi connectivity index (χ4n) is 2.32. The molecule has 1 aromatic carbocycles. The third kappa shape index (κ3) is 3.06. The van der Waals surface area contributed by atoms with E-state index in [0.717, 1.165) is 0 Å². The second-order valence-electron chi connectivity index (χ2n) is 4.82. The molecular formula is C13H16BrNO6S. The normalized spacial score (nSPS) is 19.1. The molecule has 1 saturated heterocycles. The van der Waals surface area contributed by atoms with Crippen LogP contribution in [0.1, 0.15) is 6.42 Å². The van der Waals surface area contributed by atoms with Crippen molar-refractivity contribution < 1.29 is 27.8 Å². The lowest BCUT2D eigenvalue weighted by atomic mass is 10.1. The predicted molar refractivity (Wildman–Crippen MR) is 81.7 cm³/mol. The Balaban J connectivity index is 2.42. The van der Waals surface area contributed by atoms with Gasteiger partial charge in [-0.1, -0.05) is 0 Å². The summed E-state index contributed by atoms with van der Waals surface area (Å²) in [4.78, 5) is 11.0. The van der Waals surface area contributed by atoms with Crippen molar-refractivity contribution in [2.45, 2.75) is 11.3 Å². The molecule has 2 rings (SSSR count). The van der Waals surface area contributed by atoms with Crippen molar-refractivity contribution in [3.63, 3.8) is 0 Å². The summed E-state index contributed by atoms with van der Waals surface area (Å²) in [5.74, 6) is -1.07. The van der Waals surface area contributed by atoms with Gasteiger partial charge < -0.3 is 14.6 Å². The van der Waals surface area contributed by atoms with Gasteiger partial charge in [0.05, 0.1) is 24.6 Å². The van der Waals surface area contributed by atoms with E-state index in [2.05, 4.69) is 15.9 Å². The number of rotatable bonds is 5. The van der Waals surface area contributed by atoms with Gasteiger partial charge in [-0.2, -0.15) is 4.31 Å². The highest BCUT2D eigenvalue weighted by atomic mass is 79.9. The van der Waals surface area contributed by atoms with E-state index >= 15 is 0 Å². The quantitative estimate of drug-likeness (QED) is 0.815. The number of hydrogen-bond donors (Lipinski definition) is 1. The molecule has 0 saturated carbocycles. The molecule has 1 unspecified atom stereocenters. The van der Waals surface area contributed by atoms with Crippen LogP contribution in [0.5, 0.6) is 11.5 Å². The molecule has 0 aliphatic carbocycles. The number of nitrogens with zero attached hydrogens (tertiary/aromatic N) is 1. The van der Waals surface area contributed by atoms with Gasteiger partial charge in [-0.3, -0.25) is 4.79 Å². The molecule has 1 aliphatic heterocycles. The number of benzene rings is 1. The molecule has 9 heteroatoms. The summed E-state index contributed by atoms with van der Waals surface area (Å²) >= 11 is 3.25.